The average molecular weight is 371 g/mol. The molecule has 0 spiro atoms. The number of benzene rings is 2. The Bertz CT molecular complexity index is 978. The summed E-state index contributed by atoms with van der Waals surface area (Å²) < 4.78 is 0. The lowest BCUT2D eigenvalue weighted by molar-refractivity contribution is 0.102. The van der Waals surface area contributed by atoms with Crippen LogP contribution in [-0.2, 0) is 6.54 Å². The van der Waals surface area contributed by atoms with Crippen LogP contribution in [0.5, 0.6) is 0 Å². The van der Waals surface area contributed by atoms with Crippen LogP contribution < -0.4 is 10.2 Å². The normalized spacial score (nSPS) is 10.4. The number of nitrogens with zero attached hydrogens (tertiary/aromatic N) is 4. The Kier molecular flexibility index (Phi) is 5.97. The molecule has 0 atom stereocenters. The lowest BCUT2D eigenvalue weighted by Crippen LogP contribution is -2.31. The van der Waals surface area contributed by atoms with Gasteiger partial charge in [-0.2, -0.15) is 5.26 Å². The number of nitriles is 1. The lowest BCUT2D eigenvalue weighted by atomic mass is 10.2. The van der Waals surface area contributed by atoms with Crippen LogP contribution in [0.25, 0.3) is 0 Å². The Hall–Kier alpha value is -3.72. The molecule has 1 N–H and O–H groups in total. The first-order valence-electron chi connectivity index (χ1n) is 9.01. The predicted molar refractivity (Wildman–Crippen MR) is 109 cm³/mol. The van der Waals surface area contributed by atoms with E-state index in [4.69, 9.17) is 5.26 Å². The smallest absolute Gasteiger partial charge is 0.258 e. The van der Waals surface area contributed by atoms with Gasteiger partial charge in [-0.3, -0.25) is 4.79 Å². The highest BCUT2D eigenvalue weighted by molar-refractivity contribution is 6.03. The molecule has 0 unspecified atom stereocenters. The van der Waals surface area contributed by atoms with Crippen molar-refractivity contribution in [3.8, 4) is 6.07 Å². The quantitative estimate of drug-likeness (QED) is 0.708. The van der Waals surface area contributed by atoms with Crippen LogP contribution in [0.15, 0.2) is 67.0 Å². The number of hydrogen-bond acceptors (Lipinski definition) is 5. The standard InChI is InChI=1S/C22H21N5O/c1-16(2)27(15-17-7-4-3-5-8-17)22-24-13-19(14-25-22)21(28)26-20-10-6-9-18(11-20)12-23/h3-11,13-14,16H,15H2,1-2H3,(H,26,28). The molecule has 0 saturated heterocycles. The minimum Gasteiger partial charge on any atom is -0.334 e. The number of carbonyl (C=O) groups is 1. The van der Waals surface area contributed by atoms with Crippen molar-refractivity contribution in [1.82, 2.24) is 9.97 Å². The molecule has 0 aliphatic heterocycles. The summed E-state index contributed by atoms with van der Waals surface area (Å²) in [5, 5.41) is 11.7. The molecule has 1 aromatic heterocycles. The monoisotopic (exact) mass is 371 g/mol. The van der Waals surface area contributed by atoms with Crippen LogP contribution in [0, 0.1) is 11.3 Å². The topological polar surface area (TPSA) is 81.9 Å². The van der Waals surface area contributed by atoms with Crippen LogP contribution in [0.1, 0.15) is 35.3 Å². The van der Waals surface area contributed by atoms with Crippen molar-refractivity contribution in [2.45, 2.75) is 26.4 Å². The van der Waals surface area contributed by atoms with Gasteiger partial charge in [-0.25, -0.2) is 9.97 Å². The number of carbonyl (C=O) groups excluding carboxylic acids is 1. The molecule has 0 aliphatic rings. The molecule has 3 aromatic rings. The maximum atomic E-state index is 12.4. The number of hydrogen-bond donors (Lipinski definition) is 1. The number of aromatic nitrogens is 2. The summed E-state index contributed by atoms with van der Waals surface area (Å²) in [6, 6.07) is 19.1. The summed E-state index contributed by atoms with van der Waals surface area (Å²) in [6.07, 6.45) is 3.04. The predicted octanol–water partition coefficient (Wildman–Crippen LogP) is 4.02. The Balaban J connectivity index is 1.73. The van der Waals surface area contributed by atoms with Gasteiger partial charge in [0.2, 0.25) is 5.95 Å². The zero-order valence-corrected chi connectivity index (χ0v) is 15.8. The van der Waals surface area contributed by atoms with E-state index in [0.29, 0.717) is 29.3 Å². The highest BCUT2D eigenvalue weighted by Gasteiger charge is 2.15. The summed E-state index contributed by atoms with van der Waals surface area (Å²) in [5.74, 6) is 0.252. The Morgan fingerprint density at radius 2 is 1.82 bits per heavy atom. The van der Waals surface area contributed by atoms with E-state index in [9.17, 15) is 4.79 Å². The van der Waals surface area contributed by atoms with E-state index in [1.165, 1.54) is 18.0 Å². The Morgan fingerprint density at radius 3 is 2.46 bits per heavy atom. The molecule has 140 valence electrons. The zero-order chi connectivity index (χ0) is 19.9. The van der Waals surface area contributed by atoms with Crippen LogP contribution in [0.2, 0.25) is 0 Å². The fourth-order valence-electron chi connectivity index (χ4n) is 2.72. The van der Waals surface area contributed by atoms with Gasteiger partial charge in [-0.1, -0.05) is 36.4 Å². The Labute approximate surface area is 164 Å². The molecule has 6 heteroatoms. The van der Waals surface area contributed by atoms with Crippen LogP contribution in [0.3, 0.4) is 0 Å². The largest absolute Gasteiger partial charge is 0.334 e. The van der Waals surface area contributed by atoms with Crippen LogP contribution in [0.4, 0.5) is 11.6 Å². The molecule has 6 nitrogen and oxygen atoms in total. The lowest BCUT2D eigenvalue weighted by Gasteiger charge is -2.26. The van der Waals surface area contributed by atoms with Gasteiger partial charge in [-0.15, -0.1) is 0 Å². The van der Waals surface area contributed by atoms with Crippen molar-refractivity contribution in [3.05, 3.63) is 83.7 Å². The first-order chi connectivity index (χ1) is 13.6. The fraction of sp³-hybridized carbons (Fsp3) is 0.182. The second-order valence-electron chi connectivity index (χ2n) is 6.63. The van der Waals surface area contributed by atoms with Crippen molar-refractivity contribution in [2.24, 2.45) is 0 Å². The van der Waals surface area contributed by atoms with Gasteiger partial charge in [0.15, 0.2) is 0 Å². The molecule has 1 amide bonds. The van der Waals surface area contributed by atoms with Crippen molar-refractivity contribution >= 4 is 17.5 Å². The van der Waals surface area contributed by atoms with Gasteiger partial charge in [0.25, 0.3) is 5.91 Å². The van der Waals surface area contributed by atoms with E-state index in [-0.39, 0.29) is 11.9 Å². The fourth-order valence-corrected chi connectivity index (χ4v) is 2.72. The summed E-state index contributed by atoms with van der Waals surface area (Å²) in [4.78, 5) is 23.3. The van der Waals surface area contributed by atoms with Gasteiger partial charge in [0, 0.05) is 30.7 Å². The molecule has 0 bridgehead atoms. The van der Waals surface area contributed by atoms with Crippen LogP contribution in [-0.4, -0.2) is 21.9 Å². The maximum absolute atomic E-state index is 12.4. The first-order valence-corrected chi connectivity index (χ1v) is 9.01. The molecule has 3 rings (SSSR count). The average Bonchev–Trinajstić information content (AvgIpc) is 2.73. The van der Waals surface area contributed by atoms with E-state index >= 15 is 0 Å². The van der Waals surface area contributed by atoms with E-state index in [0.717, 1.165) is 0 Å². The number of amides is 1. The summed E-state index contributed by atoms with van der Waals surface area (Å²) >= 11 is 0. The maximum Gasteiger partial charge on any atom is 0.258 e. The number of anilines is 2. The third-order valence-corrected chi connectivity index (χ3v) is 4.23. The summed E-state index contributed by atoms with van der Waals surface area (Å²) in [7, 11) is 0. The summed E-state index contributed by atoms with van der Waals surface area (Å²) in [5.41, 5.74) is 2.56. The van der Waals surface area contributed by atoms with Crippen molar-refractivity contribution in [2.75, 3.05) is 10.2 Å². The molecule has 1 heterocycles. The molecule has 0 fully saturated rings. The minimum atomic E-state index is -0.319. The highest BCUT2D eigenvalue weighted by Crippen LogP contribution is 2.16. The van der Waals surface area contributed by atoms with E-state index in [1.807, 2.05) is 24.3 Å². The number of nitrogens with one attached hydrogen (secondary N) is 1. The van der Waals surface area contributed by atoms with Crippen molar-refractivity contribution < 1.29 is 4.79 Å². The number of rotatable bonds is 6. The second kappa shape index (κ2) is 8.78. The molecule has 28 heavy (non-hydrogen) atoms. The molecule has 0 aliphatic carbocycles. The van der Waals surface area contributed by atoms with Gasteiger partial charge in [-0.05, 0) is 37.6 Å². The zero-order valence-electron chi connectivity index (χ0n) is 15.8. The van der Waals surface area contributed by atoms with Crippen molar-refractivity contribution in [3.63, 3.8) is 0 Å². The molecule has 0 saturated carbocycles. The molecule has 2 aromatic carbocycles. The van der Waals surface area contributed by atoms with Crippen LogP contribution >= 0.6 is 0 Å². The third kappa shape index (κ3) is 4.71. The van der Waals surface area contributed by atoms with Gasteiger partial charge in [0.05, 0.1) is 17.2 Å². The molecular weight excluding hydrogens is 350 g/mol. The first kappa shape index (κ1) is 19.1. The second-order valence-corrected chi connectivity index (χ2v) is 6.63. The van der Waals surface area contributed by atoms with Gasteiger partial charge in [0.1, 0.15) is 0 Å². The van der Waals surface area contributed by atoms with Gasteiger partial charge >= 0.3 is 0 Å². The van der Waals surface area contributed by atoms with E-state index in [1.54, 1.807) is 24.3 Å². The van der Waals surface area contributed by atoms with E-state index < -0.39 is 0 Å². The molecule has 0 radical (unpaired) electrons. The Morgan fingerprint density at radius 1 is 1.11 bits per heavy atom. The molecular formula is C22H21N5O. The van der Waals surface area contributed by atoms with Crippen molar-refractivity contribution in [1.29, 1.82) is 5.26 Å². The SMILES string of the molecule is CC(C)N(Cc1ccccc1)c1ncc(C(=O)Nc2cccc(C#N)c2)cn1. The van der Waals surface area contributed by atoms with Gasteiger partial charge < -0.3 is 10.2 Å². The highest BCUT2D eigenvalue weighted by atomic mass is 16.1. The summed E-state index contributed by atoms with van der Waals surface area (Å²) in [6.45, 7) is 4.84. The minimum absolute atomic E-state index is 0.202. The third-order valence-electron chi connectivity index (χ3n) is 4.23. The van der Waals surface area contributed by atoms with E-state index in [2.05, 4.69) is 46.2 Å².